The Bertz CT molecular complexity index is 1650. The molecule has 0 radical (unpaired) electrons. The standard InChI is InChI=1S/C38H26S4/c1-2-10-25(9-1)27-17-21-29(22-18-27)35(37-39-31-13-5-6-14-32(31)40-37)36(38-41-33-15-7-8-16-34(33)42-38)30-23-19-28(20-24-30)26-11-3-4-12-26/h1-26H. The Hall–Kier alpha value is -3.28. The summed E-state index contributed by atoms with van der Waals surface area (Å²) in [6, 6.07) is 36.2. The molecular weight excluding hydrogens is 585 g/mol. The summed E-state index contributed by atoms with van der Waals surface area (Å²) in [5.74, 6) is 0.711. The van der Waals surface area contributed by atoms with Gasteiger partial charge in [0.05, 0.1) is 8.47 Å². The molecule has 0 unspecified atom stereocenters. The normalized spacial score (nSPS) is 17.0. The van der Waals surface area contributed by atoms with Crippen molar-refractivity contribution in [1.29, 1.82) is 0 Å². The lowest BCUT2D eigenvalue weighted by molar-refractivity contribution is 1.10. The molecule has 0 fully saturated rings. The van der Waals surface area contributed by atoms with E-state index in [2.05, 4.69) is 146 Å². The lowest BCUT2D eigenvalue weighted by Crippen LogP contribution is -1.97. The highest BCUT2D eigenvalue weighted by Crippen LogP contribution is 2.60. The van der Waals surface area contributed by atoms with Crippen molar-refractivity contribution in [2.75, 3.05) is 0 Å². The summed E-state index contributed by atoms with van der Waals surface area (Å²) in [4.78, 5) is 5.34. The van der Waals surface area contributed by atoms with E-state index >= 15 is 0 Å². The van der Waals surface area contributed by atoms with Crippen LogP contribution in [0, 0.1) is 0 Å². The van der Waals surface area contributed by atoms with Crippen molar-refractivity contribution < 1.29 is 0 Å². The van der Waals surface area contributed by atoms with Crippen LogP contribution in [-0.2, 0) is 0 Å². The molecule has 4 aromatic carbocycles. The van der Waals surface area contributed by atoms with Gasteiger partial charge in [0.1, 0.15) is 0 Å². The first-order valence-electron chi connectivity index (χ1n) is 14.1. The van der Waals surface area contributed by atoms with Crippen molar-refractivity contribution in [3.8, 4) is 0 Å². The van der Waals surface area contributed by atoms with Crippen LogP contribution in [-0.4, -0.2) is 0 Å². The molecule has 0 N–H and O–H groups in total. The van der Waals surface area contributed by atoms with E-state index < -0.39 is 0 Å². The highest BCUT2D eigenvalue weighted by atomic mass is 32.2. The lowest BCUT2D eigenvalue weighted by Gasteiger charge is -2.19. The predicted octanol–water partition coefficient (Wildman–Crippen LogP) is 11.9. The highest BCUT2D eigenvalue weighted by Gasteiger charge is 2.29. The number of thioether (sulfide) groups is 4. The van der Waals surface area contributed by atoms with Crippen LogP contribution in [0.2, 0.25) is 0 Å². The third-order valence-electron chi connectivity index (χ3n) is 7.83. The van der Waals surface area contributed by atoms with Gasteiger partial charge in [0.15, 0.2) is 0 Å². The highest BCUT2D eigenvalue weighted by molar-refractivity contribution is 8.25. The molecule has 0 aromatic heterocycles. The molecule has 4 aliphatic rings. The first-order valence-corrected chi connectivity index (χ1v) is 17.4. The van der Waals surface area contributed by atoms with Crippen LogP contribution in [0.5, 0.6) is 0 Å². The molecule has 0 bridgehead atoms. The minimum absolute atomic E-state index is 0.356. The van der Waals surface area contributed by atoms with E-state index in [4.69, 9.17) is 0 Å². The Morgan fingerprint density at radius 3 is 1.00 bits per heavy atom. The summed E-state index contributed by atoms with van der Waals surface area (Å²) >= 11 is 7.63. The first kappa shape index (κ1) is 26.4. The molecule has 0 saturated heterocycles. The Morgan fingerprint density at radius 2 is 0.690 bits per heavy atom. The zero-order valence-corrected chi connectivity index (χ0v) is 25.9. The van der Waals surface area contributed by atoms with Crippen molar-refractivity contribution in [3.63, 3.8) is 0 Å². The molecule has 2 aliphatic heterocycles. The topological polar surface area (TPSA) is 0 Å². The smallest absolute Gasteiger partial charge is 0.0584 e. The third-order valence-corrected chi connectivity index (χ3v) is 13.0. The van der Waals surface area contributed by atoms with Gasteiger partial charge in [-0.15, -0.1) is 0 Å². The fraction of sp³-hybridized carbons (Fsp3) is 0.0526. The van der Waals surface area contributed by atoms with Crippen LogP contribution in [0.25, 0.3) is 11.1 Å². The average Bonchev–Trinajstić information content (AvgIpc) is 3.86. The zero-order valence-electron chi connectivity index (χ0n) is 22.6. The summed E-state index contributed by atoms with van der Waals surface area (Å²) in [6.07, 6.45) is 17.6. The van der Waals surface area contributed by atoms with E-state index in [1.54, 1.807) is 0 Å². The van der Waals surface area contributed by atoms with Gasteiger partial charge in [0.2, 0.25) is 0 Å². The number of rotatable bonds is 5. The van der Waals surface area contributed by atoms with Crippen molar-refractivity contribution >= 4 is 58.2 Å². The van der Waals surface area contributed by atoms with Gasteiger partial charge in [0, 0.05) is 42.6 Å². The molecular formula is C38H26S4. The van der Waals surface area contributed by atoms with Crippen molar-refractivity contribution in [1.82, 2.24) is 0 Å². The van der Waals surface area contributed by atoms with Gasteiger partial charge >= 0.3 is 0 Å². The fourth-order valence-corrected chi connectivity index (χ4v) is 10.9. The minimum Gasteiger partial charge on any atom is -0.0809 e. The second kappa shape index (κ2) is 11.4. The van der Waals surface area contributed by atoms with E-state index in [1.165, 1.54) is 61.5 Å². The number of hydrogen-bond acceptors (Lipinski definition) is 4. The summed E-state index contributed by atoms with van der Waals surface area (Å²) in [6.45, 7) is 0. The average molecular weight is 611 g/mol. The molecule has 42 heavy (non-hydrogen) atoms. The molecule has 2 aliphatic carbocycles. The molecule has 4 aromatic rings. The Kier molecular flexibility index (Phi) is 7.17. The maximum atomic E-state index is 2.34. The third kappa shape index (κ3) is 5.01. The van der Waals surface area contributed by atoms with Crippen LogP contribution < -0.4 is 0 Å². The summed E-state index contributed by atoms with van der Waals surface area (Å²) in [5, 5.41) is 0. The molecule has 0 saturated carbocycles. The molecule has 8 rings (SSSR count). The van der Waals surface area contributed by atoms with Gasteiger partial charge in [-0.2, -0.15) is 0 Å². The van der Waals surface area contributed by atoms with E-state index in [0.29, 0.717) is 11.8 Å². The number of benzene rings is 4. The van der Waals surface area contributed by atoms with Crippen LogP contribution in [0.15, 0.2) is 174 Å². The van der Waals surface area contributed by atoms with Gasteiger partial charge < -0.3 is 0 Å². The minimum atomic E-state index is 0.356. The van der Waals surface area contributed by atoms with Gasteiger partial charge in [-0.25, -0.2) is 0 Å². The molecule has 4 heteroatoms. The second-order valence-corrected chi connectivity index (χ2v) is 15.2. The Labute approximate surface area is 264 Å². The van der Waals surface area contributed by atoms with Crippen molar-refractivity contribution in [2.24, 2.45) is 0 Å². The maximum Gasteiger partial charge on any atom is 0.0584 e. The molecule has 202 valence electrons. The van der Waals surface area contributed by atoms with Crippen LogP contribution >= 0.6 is 47.0 Å². The molecule has 0 amide bonds. The van der Waals surface area contributed by atoms with Crippen LogP contribution in [0.4, 0.5) is 0 Å². The van der Waals surface area contributed by atoms with Crippen molar-refractivity contribution in [2.45, 2.75) is 31.4 Å². The van der Waals surface area contributed by atoms with Gasteiger partial charge in [-0.3, -0.25) is 0 Å². The molecule has 2 heterocycles. The fourth-order valence-electron chi connectivity index (χ4n) is 5.66. The number of allylic oxidation sites excluding steroid dienone is 10. The van der Waals surface area contributed by atoms with Gasteiger partial charge in [0.25, 0.3) is 0 Å². The quantitative estimate of drug-likeness (QED) is 0.220. The van der Waals surface area contributed by atoms with Crippen molar-refractivity contribution in [3.05, 3.63) is 176 Å². The monoisotopic (exact) mass is 610 g/mol. The largest absolute Gasteiger partial charge is 0.0809 e. The number of fused-ring (bicyclic) bond motifs is 2. The second-order valence-electron chi connectivity index (χ2n) is 10.5. The molecule has 0 atom stereocenters. The van der Waals surface area contributed by atoms with Crippen LogP contribution in [0.1, 0.15) is 34.1 Å². The predicted molar refractivity (Wildman–Crippen MR) is 185 cm³/mol. The van der Waals surface area contributed by atoms with E-state index in [0.717, 1.165) is 0 Å². The Morgan fingerprint density at radius 1 is 0.381 bits per heavy atom. The van der Waals surface area contributed by atoms with Crippen LogP contribution in [0.3, 0.4) is 0 Å². The van der Waals surface area contributed by atoms with E-state index in [9.17, 15) is 0 Å². The first-order chi connectivity index (χ1) is 20.8. The maximum absolute atomic E-state index is 2.34. The zero-order chi connectivity index (χ0) is 27.9. The van der Waals surface area contributed by atoms with Gasteiger partial charge in [-0.1, -0.05) is 168 Å². The van der Waals surface area contributed by atoms with Gasteiger partial charge in [-0.05, 0) is 46.5 Å². The molecule has 0 spiro atoms. The Balaban J connectivity index is 1.30. The summed E-state index contributed by atoms with van der Waals surface area (Å²) in [5.41, 5.74) is 7.83. The SMILES string of the molecule is C1=CC(c2ccc(C(=C3Sc4ccccc4S3)C(=C3Sc4ccccc4S3)c3ccc(C4C=CC=C4)cc3)cc2)C=C1. The number of hydrogen-bond donors (Lipinski definition) is 0. The van der Waals surface area contributed by atoms with E-state index in [1.807, 2.05) is 47.0 Å². The lowest BCUT2D eigenvalue weighted by atomic mass is 9.91. The van der Waals surface area contributed by atoms with E-state index in [-0.39, 0.29) is 0 Å². The summed E-state index contributed by atoms with van der Waals surface area (Å²) in [7, 11) is 0. The summed E-state index contributed by atoms with van der Waals surface area (Å²) < 4.78 is 2.69. The molecule has 0 nitrogen and oxygen atoms in total.